The lowest BCUT2D eigenvalue weighted by atomic mass is 9.99. The van der Waals surface area contributed by atoms with Gasteiger partial charge in [0.15, 0.2) is 0 Å². The molecule has 7 heteroatoms. The number of carbonyl (C=O) groups excluding carboxylic acids is 1. The van der Waals surface area contributed by atoms with E-state index in [2.05, 4.69) is 4.72 Å². The van der Waals surface area contributed by atoms with Gasteiger partial charge < -0.3 is 9.64 Å². The molecule has 2 aromatic rings. The lowest BCUT2D eigenvalue weighted by Gasteiger charge is -2.29. The molecule has 6 nitrogen and oxygen atoms in total. The van der Waals surface area contributed by atoms with Crippen LogP contribution in [0.2, 0.25) is 0 Å². The van der Waals surface area contributed by atoms with E-state index in [0.717, 1.165) is 23.1 Å². The first-order valence-corrected chi connectivity index (χ1v) is 10.4. The maximum Gasteiger partial charge on any atom is 0.265 e. The summed E-state index contributed by atoms with van der Waals surface area (Å²) >= 11 is 0. The number of nitrogens with one attached hydrogen (secondary N) is 1. The number of anilines is 1. The van der Waals surface area contributed by atoms with Crippen molar-refractivity contribution >= 4 is 21.6 Å². The summed E-state index contributed by atoms with van der Waals surface area (Å²) in [7, 11) is -2.35. The van der Waals surface area contributed by atoms with Gasteiger partial charge in [-0.05, 0) is 54.3 Å². The van der Waals surface area contributed by atoms with E-state index in [0.29, 0.717) is 30.9 Å². The molecule has 144 valence electrons. The van der Waals surface area contributed by atoms with Crippen LogP contribution in [0.4, 0.5) is 5.69 Å². The molecule has 27 heavy (non-hydrogen) atoms. The Hall–Kier alpha value is -2.54. The standard InChI is InChI=1S/C20H24N2O4S/c1-4-20(23)22-10-9-15-6-7-17(12-16(15)13-22)21-27(24,25)19-11-14(2)5-8-18(19)26-3/h5-8,11-12,21H,4,9-10,13H2,1-3H3. The number of ether oxygens (including phenoxy) is 1. The van der Waals surface area contributed by atoms with Crippen LogP contribution in [0.15, 0.2) is 41.3 Å². The van der Waals surface area contributed by atoms with Crippen molar-refractivity contribution in [3.05, 3.63) is 53.1 Å². The zero-order valence-corrected chi connectivity index (χ0v) is 16.6. The molecule has 0 atom stereocenters. The minimum atomic E-state index is -3.80. The summed E-state index contributed by atoms with van der Waals surface area (Å²) in [4.78, 5) is 13.9. The van der Waals surface area contributed by atoms with Crippen molar-refractivity contribution in [2.24, 2.45) is 0 Å². The van der Waals surface area contributed by atoms with Crippen molar-refractivity contribution in [1.82, 2.24) is 4.90 Å². The van der Waals surface area contributed by atoms with Crippen molar-refractivity contribution in [1.29, 1.82) is 0 Å². The molecule has 1 amide bonds. The summed E-state index contributed by atoms with van der Waals surface area (Å²) in [6.07, 6.45) is 1.24. The van der Waals surface area contributed by atoms with Crippen LogP contribution < -0.4 is 9.46 Å². The van der Waals surface area contributed by atoms with E-state index in [-0.39, 0.29) is 10.8 Å². The lowest BCUT2D eigenvalue weighted by molar-refractivity contribution is -0.131. The quantitative estimate of drug-likeness (QED) is 0.854. The smallest absolute Gasteiger partial charge is 0.265 e. The number of fused-ring (bicyclic) bond motifs is 1. The Morgan fingerprint density at radius 2 is 1.96 bits per heavy atom. The van der Waals surface area contributed by atoms with E-state index in [9.17, 15) is 13.2 Å². The Kier molecular flexibility index (Phi) is 5.41. The molecule has 0 saturated carbocycles. The minimum absolute atomic E-state index is 0.102. The third kappa shape index (κ3) is 4.08. The van der Waals surface area contributed by atoms with Crippen LogP contribution in [0.25, 0.3) is 0 Å². The summed E-state index contributed by atoms with van der Waals surface area (Å²) in [6, 6.07) is 10.5. The monoisotopic (exact) mass is 388 g/mol. The van der Waals surface area contributed by atoms with Crippen LogP contribution in [0.1, 0.15) is 30.0 Å². The van der Waals surface area contributed by atoms with E-state index in [1.165, 1.54) is 7.11 Å². The summed E-state index contributed by atoms with van der Waals surface area (Å²) < 4.78 is 33.6. The third-order valence-corrected chi connectivity index (χ3v) is 6.14. The normalized spacial score (nSPS) is 13.8. The third-order valence-electron chi connectivity index (χ3n) is 4.73. The molecule has 0 spiro atoms. The average molecular weight is 388 g/mol. The molecule has 0 unspecified atom stereocenters. The molecule has 1 aliphatic rings. The fourth-order valence-corrected chi connectivity index (χ4v) is 4.57. The molecule has 0 radical (unpaired) electrons. The molecule has 0 bridgehead atoms. The van der Waals surface area contributed by atoms with Crippen LogP contribution in [-0.4, -0.2) is 32.9 Å². The minimum Gasteiger partial charge on any atom is -0.495 e. The zero-order valence-electron chi connectivity index (χ0n) is 15.8. The molecule has 0 aromatic heterocycles. The molecule has 0 fully saturated rings. The van der Waals surface area contributed by atoms with Crippen molar-refractivity contribution in [3.8, 4) is 5.75 Å². The Bertz CT molecular complexity index is 970. The van der Waals surface area contributed by atoms with E-state index < -0.39 is 10.0 Å². The van der Waals surface area contributed by atoms with Gasteiger partial charge in [0, 0.05) is 25.2 Å². The molecular formula is C20H24N2O4S. The number of carbonyl (C=O) groups is 1. The summed E-state index contributed by atoms with van der Waals surface area (Å²) in [5.41, 5.74) is 3.42. The molecule has 3 rings (SSSR count). The van der Waals surface area contributed by atoms with Crippen LogP contribution in [-0.2, 0) is 27.8 Å². The number of benzene rings is 2. The second kappa shape index (κ2) is 7.60. The molecule has 1 heterocycles. The highest BCUT2D eigenvalue weighted by atomic mass is 32.2. The number of methoxy groups -OCH3 is 1. The summed E-state index contributed by atoms with van der Waals surface area (Å²) in [5, 5.41) is 0. The van der Waals surface area contributed by atoms with Gasteiger partial charge in [-0.1, -0.05) is 19.1 Å². The van der Waals surface area contributed by atoms with Crippen LogP contribution >= 0.6 is 0 Å². The highest BCUT2D eigenvalue weighted by Gasteiger charge is 2.23. The van der Waals surface area contributed by atoms with Gasteiger partial charge >= 0.3 is 0 Å². The van der Waals surface area contributed by atoms with Gasteiger partial charge in [-0.25, -0.2) is 8.42 Å². The van der Waals surface area contributed by atoms with Crippen LogP contribution in [0.3, 0.4) is 0 Å². The fraction of sp³-hybridized carbons (Fsp3) is 0.350. The number of hydrogen-bond acceptors (Lipinski definition) is 4. The van der Waals surface area contributed by atoms with E-state index >= 15 is 0 Å². The van der Waals surface area contributed by atoms with E-state index in [4.69, 9.17) is 4.74 Å². The second-order valence-corrected chi connectivity index (χ2v) is 8.31. The summed E-state index contributed by atoms with van der Waals surface area (Å²) in [5.74, 6) is 0.405. The Morgan fingerprint density at radius 1 is 1.19 bits per heavy atom. The molecule has 1 N–H and O–H groups in total. The molecule has 0 saturated heterocycles. The maximum atomic E-state index is 12.9. The van der Waals surface area contributed by atoms with E-state index in [1.54, 1.807) is 24.3 Å². The van der Waals surface area contributed by atoms with Gasteiger partial charge in [0.05, 0.1) is 7.11 Å². The number of nitrogens with zero attached hydrogens (tertiary/aromatic N) is 1. The second-order valence-electron chi connectivity index (χ2n) is 6.66. The van der Waals surface area contributed by atoms with Gasteiger partial charge in [0.25, 0.3) is 10.0 Å². The van der Waals surface area contributed by atoms with E-state index in [1.807, 2.05) is 30.9 Å². The Labute approximate surface area is 160 Å². The zero-order chi connectivity index (χ0) is 19.6. The Balaban J connectivity index is 1.89. The number of amides is 1. The lowest BCUT2D eigenvalue weighted by Crippen LogP contribution is -2.35. The number of aryl methyl sites for hydroxylation is 1. The summed E-state index contributed by atoms with van der Waals surface area (Å²) in [6.45, 7) is 4.88. The first kappa shape index (κ1) is 19.2. The van der Waals surface area contributed by atoms with Gasteiger partial charge in [0.2, 0.25) is 5.91 Å². The SMILES string of the molecule is CCC(=O)N1CCc2ccc(NS(=O)(=O)c3cc(C)ccc3OC)cc2C1. The predicted octanol–water partition coefficient (Wildman–Crippen LogP) is 3.10. The van der Waals surface area contributed by atoms with Crippen LogP contribution in [0.5, 0.6) is 5.75 Å². The first-order chi connectivity index (χ1) is 12.8. The average Bonchev–Trinajstić information content (AvgIpc) is 2.66. The molecule has 1 aliphatic heterocycles. The highest BCUT2D eigenvalue weighted by Crippen LogP contribution is 2.28. The molecular weight excluding hydrogens is 364 g/mol. The van der Waals surface area contributed by atoms with Crippen molar-refractivity contribution in [2.75, 3.05) is 18.4 Å². The van der Waals surface area contributed by atoms with Gasteiger partial charge in [-0.15, -0.1) is 0 Å². The van der Waals surface area contributed by atoms with Crippen molar-refractivity contribution in [3.63, 3.8) is 0 Å². The van der Waals surface area contributed by atoms with Gasteiger partial charge in [-0.2, -0.15) is 0 Å². The number of sulfonamides is 1. The highest BCUT2D eigenvalue weighted by molar-refractivity contribution is 7.92. The molecule has 0 aliphatic carbocycles. The van der Waals surface area contributed by atoms with Gasteiger partial charge in [-0.3, -0.25) is 9.52 Å². The van der Waals surface area contributed by atoms with Crippen molar-refractivity contribution < 1.29 is 17.9 Å². The van der Waals surface area contributed by atoms with Crippen molar-refractivity contribution in [2.45, 2.75) is 38.1 Å². The molecule has 2 aromatic carbocycles. The predicted molar refractivity (Wildman–Crippen MR) is 104 cm³/mol. The number of rotatable bonds is 5. The topological polar surface area (TPSA) is 75.7 Å². The van der Waals surface area contributed by atoms with Crippen LogP contribution in [0, 0.1) is 6.92 Å². The fourth-order valence-electron chi connectivity index (χ4n) is 3.26. The van der Waals surface area contributed by atoms with Gasteiger partial charge in [0.1, 0.15) is 10.6 Å². The largest absolute Gasteiger partial charge is 0.495 e. The maximum absolute atomic E-state index is 12.9. The Morgan fingerprint density at radius 3 is 2.67 bits per heavy atom. The number of hydrogen-bond donors (Lipinski definition) is 1. The first-order valence-electron chi connectivity index (χ1n) is 8.91.